The van der Waals surface area contributed by atoms with Gasteiger partial charge >= 0.3 is 0 Å². The van der Waals surface area contributed by atoms with Crippen molar-refractivity contribution in [1.29, 1.82) is 0 Å². The SMILES string of the molecule is Cc1ccc(N(C)CC(=O)c2ccc(F)cc2)cc1Nc1ncc(-c2cccnc2)o1. The molecule has 156 valence electrons. The number of aryl methyl sites for hydroxylation is 1. The van der Waals surface area contributed by atoms with Crippen LogP contribution in [0.25, 0.3) is 11.3 Å². The molecule has 6 nitrogen and oxygen atoms in total. The summed E-state index contributed by atoms with van der Waals surface area (Å²) in [4.78, 5) is 22.7. The number of pyridine rings is 1. The Morgan fingerprint density at radius 1 is 1.13 bits per heavy atom. The zero-order valence-corrected chi connectivity index (χ0v) is 17.2. The van der Waals surface area contributed by atoms with Gasteiger partial charge in [-0.15, -0.1) is 0 Å². The number of benzene rings is 2. The van der Waals surface area contributed by atoms with E-state index in [9.17, 15) is 9.18 Å². The first-order valence-electron chi connectivity index (χ1n) is 9.73. The van der Waals surface area contributed by atoms with E-state index in [1.165, 1.54) is 24.3 Å². The minimum absolute atomic E-state index is 0.0913. The molecule has 0 saturated heterocycles. The van der Waals surface area contributed by atoms with Crippen molar-refractivity contribution >= 4 is 23.2 Å². The number of nitrogens with zero attached hydrogens (tertiary/aromatic N) is 3. The van der Waals surface area contributed by atoms with Crippen LogP contribution in [0, 0.1) is 12.7 Å². The lowest BCUT2D eigenvalue weighted by atomic mass is 10.1. The van der Waals surface area contributed by atoms with E-state index < -0.39 is 0 Å². The van der Waals surface area contributed by atoms with Crippen molar-refractivity contribution in [3.63, 3.8) is 0 Å². The van der Waals surface area contributed by atoms with E-state index in [1.54, 1.807) is 18.6 Å². The van der Waals surface area contributed by atoms with Gasteiger partial charge in [0.2, 0.25) is 0 Å². The highest BCUT2D eigenvalue weighted by atomic mass is 19.1. The van der Waals surface area contributed by atoms with Crippen LogP contribution in [0.1, 0.15) is 15.9 Å². The Labute approximate surface area is 179 Å². The Kier molecular flexibility index (Phi) is 5.75. The first-order valence-corrected chi connectivity index (χ1v) is 9.73. The van der Waals surface area contributed by atoms with Gasteiger partial charge < -0.3 is 14.6 Å². The fourth-order valence-electron chi connectivity index (χ4n) is 3.10. The summed E-state index contributed by atoms with van der Waals surface area (Å²) in [5, 5.41) is 3.20. The molecule has 0 unspecified atom stereocenters. The Morgan fingerprint density at radius 3 is 2.68 bits per heavy atom. The first-order chi connectivity index (χ1) is 15.0. The largest absolute Gasteiger partial charge is 0.423 e. The van der Waals surface area contributed by atoms with Crippen molar-refractivity contribution in [2.75, 3.05) is 23.8 Å². The monoisotopic (exact) mass is 416 g/mol. The van der Waals surface area contributed by atoms with E-state index in [2.05, 4.69) is 15.3 Å². The van der Waals surface area contributed by atoms with Crippen LogP contribution in [0.15, 0.2) is 77.6 Å². The molecular formula is C24H21FN4O2. The second-order valence-electron chi connectivity index (χ2n) is 7.18. The maximum Gasteiger partial charge on any atom is 0.299 e. The smallest absolute Gasteiger partial charge is 0.299 e. The fraction of sp³-hybridized carbons (Fsp3) is 0.125. The van der Waals surface area contributed by atoms with Gasteiger partial charge in [-0.25, -0.2) is 9.37 Å². The second kappa shape index (κ2) is 8.79. The van der Waals surface area contributed by atoms with Gasteiger partial charge in [0, 0.05) is 41.9 Å². The summed E-state index contributed by atoms with van der Waals surface area (Å²) in [7, 11) is 1.83. The topological polar surface area (TPSA) is 71.3 Å². The molecule has 0 aliphatic heterocycles. The number of hydrogen-bond acceptors (Lipinski definition) is 6. The Hall–Kier alpha value is -4.00. The van der Waals surface area contributed by atoms with E-state index in [4.69, 9.17) is 4.42 Å². The van der Waals surface area contributed by atoms with Crippen LogP contribution in [0.3, 0.4) is 0 Å². The van der Waals surface area contributed by atoms with Crippen molar-refractivity contribution in [3.8, 4) is 11.3 Å². The number of ketones is 1. The van der Waals surface area contributed by atoms with Gasteiger partial charge in [0.05, 0.1) is 12.7 Å². The van der Waals surface area contributed by atoms with Crippen LogP contribution >= 0.6 is 0 Å². The van der Waals surface area contributed by atoms with E-state index in [1.807, 2.05) is 49.2 Å². The van der Waals surface area contributed by atoms with Gasteiger partial charge in [-0.1, -0.05) is 6.07 Å². The summed E-state index contributed by atoms with van der Waals surface area (Å²) in [6.45, 7) is 2.14. The van der Waals surface area contributed by atoms with Crippen LogP contribution in [0.4, 0.5) is 21.8 Å². The molecule has 0 spiro atoms. The van der Waals surface area contributed by atoms with E-state index in [0.29, 0.717) is 17.3 Å². The maximum absolute atomic E-state index is 13.1. The van der Waals surface area contributed by atoms with Gasteiger partial charge in [-0.2, -0.15) is 0 Å². The van der Waals surface area contributed by atoms with Gasteiger partial charge in [0.1, 0.15) is 5.82 Å². The quantitative estimate of drug-likeness (QED) is 0.415. The minimum Gasteiger partial charge on any atom is -0.423 e. The zero-order chi connectivity index (χ0) is 21.8. The zero-order valence-electron chi connectivity index (χ0n) is 17.2. The summed E-state index contributed by atoms with van der Waals surface area (Å²) in [6.07, 6.45) is 5.06. The number of likely N-dealkylation sites (N-methyl/N-ethyl adjacent to an activating group) is 1. The maximum atomic E-state index is 13.1. The summed E-state index contributed by atoms with van der Waals surface area (Å²) in [6, 6.07) is 15.5. The summed E-state index contributed by atoms with van der Waals surface area (Å²) >= 11 is 0. The second-order valence-corrected chi connectivity index (χ2v) is 7.18. The molecule has 0 radical (unpaired) electrons. The van der Waals surface area contributed by atoms with Crippen LogP contribution in [-0.2, 0) is 0 Å². The Bertz CT molecular complexity index is 1190. The number of halogens is 1. The Morgan fingerprint density at radius 2 is 1.94 bits per heavy atom. The van der Waals surface area contributed by atoms with E-state index in [0.717, 1.165) is 22.5 Å². The fourth-order valence-corrected chi connectivity index (χ4v) is 3.10. The van der Waals surface area contributed by atoms with Crippen molar-refractivity contribution in [2.45, 2.75) is 6.92 Å². The van der Waals surface area contributed by atoms with Gasteiger partial charge in [-0.05, 0) is 61.0 Å². The molecule has 0 aliphatic rings. The average molecular weight is 416 g/mol. The standard InChI is InChI=1S/C24H21FN4O2/c1-16-5-10-20(29(2)15-22(30)17-6-8-19(25)9-7-17)12-21(16)28-24-27-14-23(31-24)18-4-3-11-26-13-18/h3-14H,15H2,1-2H3,(H,27,28). The molecule has 0 amide bonds. The van der Waals surface area contributed by atoms with Crippen LogP contribution in [0.2, 0.25) is 0 Å². The lowest BCUT2D eigenvalue weighted by molar-refractivity contribution is 0.100. The predicted molar refractivity (Wildman–Crippen MR) is 118 cm³/mol. The van der Waals surface area contributed by atoms with Crippen molar-refractivity contribution in [2.24, 2.45) is 0 Å². The molecule has 2 aromatic heterocycles. The number of Topliss-reactive ketones (excluding diaryl/α,β-unsaturated/α-hetero) is 1. The van der Waals surface area contributed by atoms with E-state index in [-0.39, 0.29) is 18.1 Å². The lowest BCUT2D eigenvalue weighted by Crippen LogP contribution is -2.25. The third-order valence-corrected chi connectivity index (χ3v) is 4.90. The van der Waals surface area contributed by atoms with Crippen LogP contribution < -0.4 is 10.2 Å². The number of nitrogens with one attached hydrogen (secondary N) is 1. The normalized spacial score (nSPS) is 10.7. The molecule has 31 heavy (non-hydrogen) atoms. The molecule has 1 N–H and O–H groups in total. The number of carbonyl (C=O) groups is 1. The van der Waals surface area contributed by atoms with Gasteiger partial charge in [0.25, 0.3) is 6.01 Å². The summed E-state index contributed by atoms with van der Waals surface area (Å²) in [5.74, 6) is 0.162. The highest BCUT2D eigenvalue weighted by molar-refractivity contribution is 5.99. The third kappa shape index (κ3) is 4.78. The molecule has 4 aromatic rings. The molecule has 7 heteroatoms. The van der Waals surface area contributed by atoms with Crippen molar-refractivity contribution < 1.29 is 13.6 Å². The molecule has 2 aromatic carbocycles. The molecule has 0 aliphatic carbocycles. The van der Waals surface area contributed by atoms with Gasteiger partial charge in [0.15, 0.2) is 11.5 Å². The van der Waals surface area contributed by atoms with Gasteiger partial charge in [-0.3, -0.25) is 9.78 Å². The number of anilines is 3. The lowest BCUT2D eigenvalue weighted by Gasteiger charge is -2.20. The number of oxazole rings is 1. The van der Waals surface area contributed by atoms with Crippen molar-refractivity contribution in [1.82, 2.24) is 9.97 Å². The number of hydrogen-bond donors (Lipinski definition) is 1. The highest BCUT2D eigenvalue weighted by Crippen LogP contribution is 2.28. The number of aromatic nitrogens is 2. The molecule has 2 heterocycles. The molecule has 4 rings (SSSR count). The highest BCUT2D eigenvalue weighted by Gasteiger charge is 2.13. The molecular weight excluding hydrogens is 395 g/mol. The summed E-state index contributed by atoms with van der Waals surface area (Å²) < 4.78 is 18.9. The average Bonchev–Trinajstić information content (AvgIpc) is 3.25. The molecule has 0 atom stereocenters. The van der Waals surface area contributed by atoms with E-state index >= 15 is 0 Å². The minimum atomic E-state index is -0.364. The Balaban J connectivity index is 1.48. The van der Waals surface area contributed by atoms with Crippen LogP contribution in [0.5, 0.6) is 0 Å². The van der Waals surface area contributed by atoms with Crippen LogP contribution in [-0.4, -0.2) is 29.3 Å². The third-order valence-electron chi connectivity index (χ3n) is 4.90. The predicted octanol–water partition coefficient (Wildman–Crippen LogP) is 5.25. The number of rotatable bonds is 7. The molecule has 0 bridgehead atoms. The first kappa shape index (κ1) is 20.3. The number of carbonyl (C=O) groups excluding carboxylic acids is 1. The molecule has 0 fully saturated rings. The molecule has 0 saturated carbocycles. The van der Waals surface area contributed by atoms with Crippen molar-refractivity contribution in [3.05, 3.63) is 90.1 Å². The summed E-state index contributed by atoms with van der Waals surface area (Å²) in [5.41, 5.74) is 3.98.